The van der Waals surface area contributed by atoms with Gasteiger partial charge in [0, 0.05) is 17.4 Å². The smallest absolute Gasteiger partial charge is 0.224 e. The van der Waals surface area contributed by atoms with Crippen molar-refractivity contribution < 1.29 is 0 Å². The van der Waals surface area contributed by atoms with Gasteiger partial charge in [0.2, 0.25) is 10.6 Å². The van der Waals surface area contributed by atoms with Crippen molar-refractivity contribution in [3.63, 3.8) is 0 Å². The molecular weight excluding hydrogens is 393 g/mol. The van der Waals surface area contributed by atoms with Crippen LogP contribution >= 0.6 is 23.2 Å². The second-order valence-corrected chi connectivity index (χ2v) is 6.84. The molecule has 5 nitrogen and oxygen atoms in total. The van der Waals surface area contributed by atoms with Gasteiger partial charge in [-0.05, 0) is 48.3 Å². The minimum absolute atomic E-state index is 0.141. The SMILES string of the molecule is Cc1ccc(Nc2nc(Cl)ncc2-c2cc(-c3ccccc3)nc(Cl)n2)cc1. The third-order valence-corrected chi connectivity index (χ3v) is 4.47. The fraction of sp³-hybridized carbons (Fsp3) is 0.0476. The van der Waals surface area contributed by atoms with Crippen LogP contribution < -0.4 is 5.32 Å². The molecule has 0 unspecified atom stereocenters. The highest BCUT2D eigenvalue weighted by Gasteiger charge is 2.14. The van der Waals surface area contributed by atoms with Gasteiger partial charge in [-0.25, -0.2) is 15.0 Å². The quantitative estimate of drug-likeness (QED) is 0.422. The molecule has 0 saturated heterocycles. The van der Waals surface area contributed by atoms with Crippen molar-refractivity contribution in [1.82, 2.24) is 19.9 Å². The molecule has 0 aliphatic carbocycles. The normalized spacial score (nSPS) is 10.7. The average Bonchev–Trinajstić information content (AvgIpc) is 2.70. The first-order valence-electron chi connectivity index (χ1n) is 8.55. The van der Waals surface area contributed by atoms with Crippen LogP contribution in [0.4, 0.5) is 11.5 Å². The predicted molar refractivity (Wildman–Crippen MR) is 113 cm³/mol. The topological polar surface area (TPSA) is 63.6 Å². The van der Waals surface area contributed by atoms with E-state index in [1.165, 1.54) is 5.56 Å². The summed E-state index contributed by atoms with van der Waals surface area (Å²) in [7, 11) is 0. The zero-order chi connectivity index (χ0) is 19.5. The first kappa shape index (κ1) is 18.3. The number of nitrogens with zero attached hydrogens (tertiary/aromatic N) is 4. The lowest BCUT2D eigenvalue weighted by atomic mass is 10.1. The second-order valence-electron chi connectivity index (χ2n) is 6.17. The third kappa shape index (κ3) is 4.11. The summed E-state index contributed by atoms with van der Waals surface area (Å²) in [4.78, 5) is 17.2. The number of anilines is 2. The highest BCUT2D eigenvalue weighted by Crippen LogP contribution is 2.31. The van der Waals surface area contributed by atoms with Crippen LogP contribution in [0.15, 0.2) is 66.9 Å². The molecule has 0 aliphatic heterocycles. The third-order valence-electron chi connectivity index (χ3n) is 4.12. The number of halogens is 2. The van der Waals surface area contributed by atoms with E-state index >= 15 is 0 Å². The van der Waals surface area contributed by atoms with E-state index in [9.17, 15) is 0 Å². The number of hydrogen-bond acceptors (Lipinski definition) is 5. The number of hydrogen-bond donors (Lipinski definition) is 1. The van der Waals surface area contributed by atoms with Crippen molar-refractivity contribution in [1.29, 1.82) is 0 Å². The lowest BCUT2D eigenvalue weighted by molar-refractivity contribution is 1.14. The van der Waals surface area contributed by atoms with Crippen LogP contribution in [0.5, 0.6) is 0 Å². The van der Waals surface area contributed by atoms with E-state index in [0.717, 1.165) is 11.3 Å². The van der Waals surface area contributed by atoms with Gasteiger partial charge in [0.25, 0.3) is 0 Å². The van der Waals surface area contributed by atoms with E-state index in [0.29, 0.717) is 22.8 Å². The van der Waals surface area contributed by atoms with Gasteiger partial charge in [0.05, 0.1) is 17.0 Å². The molecule has 2 aromatic carbocycles. The van der Waals surface area contributed by atoms with Crippen LogP contribution in [0.1, 0.15) is 5.56 Å². The number of nitrogens with one attached hydrogen (secondary N) is 1. The molecule has 0 spiro atoms. The highest BCUT2D eigenvalue weighted by molar-refractivity contribution is 6.28. The van der Waals surface area contributed by atoms with Gasteiger partial charge in [0.1, 0.15) is 5.82 Å². The Balaban J connectivity index is 1.79. The minimum atomic E-state index is 0.141. The van der Waals surface area contributed by atoms with Gasteiger partial charge < -0.3 is 5.32 Å². The van der Waals surface area contributed by atoms with Gasteiger partial charge in [0.15, 0.2) is 0 Å². The molecule has 4 aromatic rings. The maximum atomic E-state index is 6.20. The molecule has 0 aliphatic rings. The predicted octanol–water partition coefficient (Wildman–Crippen LogP) is 5.96. The number of rotatable bonds is 4. The van der Waals surface area contributed by atoms with E-state index in [-0.39, 0.29) is 10.6 Å². The molecule has 0 fully saturated rings. The first-order valence-corrected chi connectivity index (χ1v) is 9.31. The second kappa shape index (κ2) is 7.92. The molecule has 4 rings (SSSR count). The highest BCUT2D eigenvalue weighted by atomic mass is 35.5. The molecule has 0 amide bonds. The van der Waals surface area contributed by atoms with Crippen LogP contribution in [0.25, 0.3) is 22.5 Å². The summed E-state index contributed by atoms with van der Waals surface area (Å²) in [6, 6.07) is 19.6. The maximum absolute atomic E-state index is 6.20. The minimum Gasteiger partial charge on any atom is -0.340 e. The van der Waals surface area contributed by atoms with Crippen molar-refractivity contribution in [2.75, 3.05) is 5.32 Å². The van der Waals surface area contributed by atoms with E-state index < -0.39 is 0 Å². The van der Waals surface area contributed by atoms with E-state index in [4.69, 9.17) is 23.2 Å². The zero-order valence-corrected chi connectivity index (χ0v) is 16.4. The van der Waals surface area contributed by atoms with Crippen molar-refractivity contribution in [3.8, 4) is 22.5 Å². The largest absolute Gasteiger partial charge is 0.340 e. The summed E-state index contributed by atoms with van der Waals surface area (Å²) in [6.07, 6.45) is 1.62. The van der Waals surface area contributed by atoms with E-state index in [1.807, 2.05) is 67.6 Å². The van der Waals surface area contributed by atoms with Gasteiger partial charge in [-0.15, -0.1) is 0 Å². The van der Waals surface area contributed by atoms with Crippen molar-refractivity contribution in [3.05, 3.63) is 83.0 Å². The van der Waals surface area contributed by atoms with Crippen molar-refractivity contribution >= 4 is 34.7 Å². The number of aryl methyl sites for hydroxylation is 1. The zero-order valence-electron chi connectivity index (χ0n) is 14.9. The Bertz CT molecular complexity index is 1120. The lowest BCUT2D eigenvalue weighted by Crippen LogP contribution is -2.00. The first-order chi connectivity index (χ1) is 13.6. The molecule has 0 radical (unpaired) electrons. The summed E-state index contributed by atoms with van der Waals surface area (Å²) in [6.45, 7) is 2.03. The molecule has 138 valence electrons. The molecule has 0 bridgehead atoms. The van der Waals surface area contributed by atoms with Crippen molar-refractivity contribution in [2.24, 2.45) is 0 Å². The van der Waals surface area contributed by atoms with Crippen LogP contribution in [0.2, 0.25) is 10.6 Å². The average molecular weight is 408 g/mol. The Morgan fingerprint density at radius 1 is 0.786 bits per heavy atom. The number of benzene rings is 2. The molecule has 0 saturated carbocycles. The fourth-order valence-corrected chi connectivity index (χ4v) is 3.04. The maximum Gasteiger partial charge on any atom is 0.224 e. The molecule has 2 heterocycles. The molecule has 0 atom stereocenters. The van der Waals surface area contributed by atoms with Crippen LogP contribution in [0, 0.1) is 6.92 Å². The summed E-state index contributed by atoms with van der Waals surface area (Å²) in [5.41, 5.74) is 4.98. The van der Waals surface area contributed by atoms with E-state index in [1.54, 1.807) is 6.20 Å². The van der Waals surface area contributed by atoms with Crippen LogP contribution in [-0.2, 0) is 0 Å². The molecular formula is C21H15Cl2N5. The van der Waals surface area contributed by atoms with Crippen LogP contribution in [-0.4, -0.2) is 19.9 Å². The Morgan fingerprint density at radius 2 is 1.50 bits per heavy atom. The molecule has 28 heavy (non-hydrogen) atoms. The molecule has 7 heteroatoms. The van der Waals surface area contributed by atoms with Gasteiger partial charge in [-0.1, -0.05) is 48.0 Å². The summed E-state index contributed by atoms with van der Waals surface area (Å²) in [5, 5.41) is 3.57. The van der Waals surface area contributed by atoms with Crippen molar-refractivity contribution in [2.45, 2.75) is 6.92 Å². The monoisotopic (exact) mass is 407 g/mol. The lowest BCUT2D eigenvalue weighted by Gasteiger charge is -2.12. The Labute approximate surface area is 172 Å². The summed E-state index contributed by atoms with van der Waals surface area (Å²) < 4.78 is 0. The number of aromatic nitrogens is 4. The Kier molecular flexibility index (Phi) is 5.19. The van der Waals surface area contributed by atoms with Gasteiger partial charge in [-0.2, -0.15) is 4.98 Å². The van der Waals surface area contributed by atoms with Gasteiger partial charge >= 0.3 is 0 Å². The molecule has 1 N–H and O–H groups in total. The summed E-state index contributed by atoms with van der Waals surface area (Å²) in [5.74, 6) is 0.539. The standard InChI is InChI=1S/C21H15Cl2N5/c1-13-7-9-15(10-8-13)25-19-16(12-24-20(22)28-19)18-11-17(26-21(23)27-18)14-5-3-2-4-6-14/h2-12H,1H3,(H,24,25,28). The fourth-order valence-electron chi connectivity index (χ4n) is 2.73. The molecule has 2 aromatic heterocycles. The van der Waals surface area contributed by atoms with E-state index in [2.05, 4.69) is 25.3 Å². The Morgan fingerprint density at radius 3 is 2.25 bits per heavy atom. The summed E-state index contributed by atoms with van der Waals surface area (Å²) >= 11 is 12.2. The van der Waals surface area contributed by atoms with Crippen LogP contribution in [0.3, 0.4) is 0 Å². The van der Waals surface area contributed by atoms with Gasteiger partial charge in [-0.3, -0.25) is 0 Å². The Hall–Kier alpha value is -3.02.